The van der Waals surface area contributed by atoms with Gasteiger partial charge in [-0.05, 0) is 43.2 Å². The zero-order valence-corrected chi connectivity index (χ0v) is 20.6. The molecule has 0 spiro atoms. The van der Waals surface area contributed by atoms with Crippen molar-refractivity contribution in [3.8, 4) is 11.5 Å². The molecule has 1 atom stereocenters. The number of rotatable bonds is 9. The molecule has 1 N–H and O–H groups in total. The van der Waals surface area contributed by atoms with E-state index in [0.717, 1.165) is 25.7 Å². The van der Waals surface area contributed by atoms with Crippen LogP contribution in [0.3, 0.4) is 0 Å². The number of benzene rings is 2. The Morgan fingerprint density at radius 2 is 1.95 bits per heavy atom. The van der Waals surface area contributed by atoms with Gasteiger partial charge >= 0.3 is 6.61 Å². The Balaban J connectivity index is 1.50. The number of amidine groups is 1. The second kappa shape index (κ2) is 11.5. The first kappa shape index (κ1) is 26.3. The number of carbonyl (C=O) groups is 2. The summed E-state index contributed by atoms with van der Waals surface area (Å²) in [6.45, 7) is -2.93. The van der Waals surface area contributed by atoms with E-state index in [1.54, 1.807) is 4.90 Å². The first-order valence-electron chi connectivity index (χ1n) is 11.5. The lowest BCUT2D eigenvalue weighted by atomic mass is 10.2. The van der Waals surface area contributed by atoms with Crippen molar-refractivity contribution in [2.75, 3.05) is 12.4 Å². The highest BCUT2D eigenvalue weighted by Gasteiger charge is 2.43. The highest BCUT2D eigenvalue weighted by atomic mass is 32.2. The van der Waals surface area contributed by atoms with Crippen molar-refractivity contribution in [1.29, 1.82) is 0 Å². The summed E-state index contributed by atoms with van der Waals surface area (Å²) in [6.07, 6.45) is 3.47. The van der Waals surface area contributed by atoms with E-state index in [1.807, 2.05) is 0 Å². The lowest BCUT2D eigenvalue weighted by Gasteiger charge is -2.23. The Morgan fingerprint density at radius 3 is 2.57 bits per heavy atom. The molecule has 2 fully saturated rings. The third kappa shape index (κ3) is 6.34. The van der Waals surface area contributed by atoms with Gasteiger partial charge in [0.2, 0.25) is 11.8 Å². The van der Waals surface area contributed by atoms with Gasteiger partial charge in [-0.1, -0.05) is 24.6 Å². The molecule has 37 heavy (non-hydrogen) atoms. The van der Waals surface area contributed by atoms with Crippen LogP contribution < -0.4 is 14.8 Å². The Kier molecular flexibility index (Phi) is 8.21. The monoisotopic (exact) mass is 534 g/mol. The number of hydrogen-bond acceptors (Lipinski definition) is 8. The van der Waals surface area contributed by atoms with Crippen LogP contribution in [0.2, 0.25) is 0 Å². The molecular formula is C24H24F2N4O6S. The maximum absolute atomic E-state index is 13.3. The third-order valence-corrected chi connectivity index (χ3v) is 7.14. The van der Waals surface area contributed by atoms with Crippen LogP contribution in [0.4, 0.5) is 25.8 Å². The summed E-state index contributed by atoms with van der Waals surface area (Å²) in [4.78, 5) is 42.8. The molecule has 0 bridgehead atoms. The summed E-state index contributed by atoms with van der Waals surface area (Å²) in [6, 6.07) is 9.57. The van der Waals surface area contributed by atoms with Gasteiger partial charge in [-0.3, -0.25) is 24.6 Å². The molecule has 1 saturated heterocycles. The number of nitro groups is 1. The standard InChI is InChI=1S/C24H24F2N4O6S/c1-35-19-12-16(30(33)34)8-11-18(19)28-21(31)13-20-22(32)29(15-4-2-3-5-15)24(37-20)27-14-6-9-17(10-7-14)36-23(25)26/h6-12,15,20,23H,2-5,13H2,1H3,(H,28,31)/t20-/m0/s1. The summed E-state index contributed by atoms with van der Waals surface area (Å²) < 4.78 is 34.4. The molecule has 13 heteroatoms. The summed E-state index contributed by atoms with van der Waals surface area (Å²) in [7, 11) is 1.33. The molecule has 196 valence electrons. The van der Waals surface area contributed by atoms with E-state index in [-0.39, 0.29) is 41.2 Å². The smallest absolute Gasteiger partial charge is 0.387 e. The minimum Gasteiger partial charge on any atom is -0.494 e. The number of halogens is 2. The fraction of sp³-hybridized carbons (Fsp3) is 0.375. The van der Waals surface area contributed by atoms with E-state index >= 15 is 0 Å². The largest absolute Gasteiger partial charge is 0.494 e. The van der Waals surface area contributed by atoms with Crippen molar-refractivity contribution in [3.63, 3.8) is 0 Å². The van der Waals surface area contributed by atoms with E-state index < -0.39 is 22.7 Å². The molecule has 2 aromatic rings. The topological polar surface area (TPSA) is 123 Å². The van der Waals surface area contributed by atoms with Crippen molar-refractivity contribution >= 4 is 45.8 Å². The number of thioether (sulfide) groups is 1. The van der Waals surface area contributed by atoms with Gasteiger partial charge in [-0.25, -0.2) is 4.99 Å². The van der Waals surface area contributed by atoms with E-state index in [0.29, 0.717) is 10.9 Å². The van der Waals surface area contributed by atoms with Crippen molar-refractivity contribution < 1.29 is 32.8 Å². The van der Waals surface area contributed by atoms with Crippen LogP contribution in [0.1, 0.15) is 32.1 Å². The fourth-order valence-electron chi connectivity index (χ4n) is 4.27. The number of carbonyl (C=O) groups excluding carboxylic acids is 2. The number of nitrogens with one attached hydrogen (secondary N) is 1. The van der Waals surface area contributed by atoms with Crippen molar-refractivity contribution in [2.24, 2.45) is 4.99 Å². The molecule has 10 nitrogen and oxygen atoms in total. The minimum atomic E-state index is -2.93. The number of non-ortho nitro benzene ring substituents is 1. The molecule has 2 amide bonds. The molecule has 1 saturated carbocycles. The minimum absolute atomic E-state index is 0.00188. The van der Waals surface area contributed by atoms with Crippen molar-refractivity contribution in [2.45, 2.75) is 50.0 Å². The SMILES string of the molecule is COc1cc([N+](=O)[O-])ccc1NC(=O)C[C@@H]1SC(=Nc2ccc(OC(F)F)cc2)N(C2CCCC2)C1=O. The Labute approximate surface area is 215 Å². The molecule has 0 unspecified atom stereocenters. The van der Waals surface area contributed by atoms with Crippen LogP contribution in [0.15, 0.2) is 47.5 Å². The van der Waals surface area contributed by atoms with E-state index in [4.69, 9.17) is 4.74 Å². The predicted octanol–water partition coefficient (Wildman–Crippen LogP) is 5.11. The normalized spacial score (nSPS) is 19.0. The molecule has 0 radical (unpaired) electrons. The number of alkyl halides is 2. The lowest BCUT2D eigenvalue weighted by Crippen LogP contribution is -2.40. The van der Waals surface area contributed by atoms with Gasteiger partial charge in [0.1, 0.15) is 16.7 Å². The number of ether oxygens (including phenoxy) is 2. The zero-order valence-electron chi connectivity index (χ0n) is 19.8. The van der Waals surface area contributed by atoms with Gasteiger partial charge in [-0.15, -0.1) is 0 Å². The van der Waals surface area contributed by atoms with Crippen molar-refractivity contribution in [3.05, 3.63) is 52.6 Å². The van der Waals surface area contributed by atoms with Gasteiger partial charge in [-0.2, -0.15) is 8.78 Å². The number of aliphatic imine (C=N–C) groups is 1. The summed E-state index contributed by atoms with van der Waals surface area (Å²) in [5, 5.41) is 13.4. The fourth-order valence-corrected chi connectivity index (χ4v) is 5.48. The second-order valence-electron chi connectivity index (χ2n) is 8.41. The van der Waals surface area contributed by atoms with Crippen LogP contribution in [-0.2, 0) is 9.59 Å². The molecular weight excluding hydrogens is 510 g/mol. The first-order chi connectivity index (χ1) is 17.7. The number of anilines is 1. The highest BCUT2D eigenvalue weighted by molar-refractivity contribution is 8.15. The van der Waals surface area contributed by atoms with Crippen LogP contribution >= 0.6 is 11.8 Å². The molecule has 1 aliphatic heterocycles. The number of nitrogens with zero attached hydrogens (tertiary/aromatic N) is 3. The number of hydrogen-bond donors (Lipinski definition) is 1. The molecule has 2 aromatic carbocycles. The molecule has 0 aromatic heterocycles. The average molecular weight is 535 g/mol. The van der Waals surface area contributed by atoms with Gasteiger partial charge < -0.3 is 14.8 Å². The number of methoxy groups -OCH3 is 1. The number of nitro benzene ring substituents is 1. The molecule has 4 rings (SSSR count). The average Bonchev–Trinajstić information content (AvgIpc) is 3.48. The summed E-state index contributed by atoms with van der Waals surface area (Å²) >= 11 is 1.17. The van der Waals surface area contributed by atoms with Gasteiger partial charge in [0.05, 0.1) is 29.5 Å². The maximum Gasteiger partial charge on any atom is 0.387 e. The van der Waals surface area contributed by atoms with Crippen LogP contribution in [-0.4, -0.2) is 51.8 Å². The van der Waals surface area contributed by atoms with E-state index in [2.05, 4.69) is 15.0 Å². The predicted molar refractivity (Wildman–Crippen MR) is 134 cm³/mol. The first-order valence-corrected chi connectivity index (χ1v) is 12.4. The number of amides is 2. The van der Waals surface area contributed by atoms with Crippen LogP contribution in [0.5, 0.6) is 11.5 Å². The Hall–Kier alpha value is -3.74. The molecule has 1 heterocycles. The van der Waals surface area contributed by atoms with Crippen LogP contribution in [0, 0.1) is 10.1 Å². The maximum atomic E-state index is 13.3. The van der Waals surface area contributed by atoms with Gasteiger partial charge in [0, 0.05) is 18.5 Å². The quantitative estimate of drug-likeness (QED) is 0.350. The van der Waals surface area contributed by atoms with Gasteiger partial charge in [0.25, 0.3) is 5.69 Å². The zero-order chi connectivity index (χ0) is 26.5. The van der Waals surface area contributed by atoms with Crippen LogP contribution in [0.25, 0.3) is 0 Å². The Bertz CT molecular complexity index is 1200. The molecule has 1 aliphatic carbocycles. The summed E-state index contributed by atoms with van der Waals surface area (Å²) in [5.41, 5.74) is 0.528. The van der Waals surface area contributed by atoms with Crippen molar-refractivity contribution in [1.82, 2.24) is 4.90 Å². The van der Waals surface area contributed by atoms with E-state index in [9.17, 15) is 28.5 Å². The lowest BCUT2D eigenvalue weighted by molar-refractivity contribution is -0.384. The Morgan fingerprint density at radius 1 is 1.24 bits per heavy atom. The second-order valence-corrected chi connectivity index (χ2v) is 9.58. The molecule has 2 aliphatic rings. The van der Waals surface area contributed by atoms with Gasteiger partial charge in [0.15, 0.2) is 5.17 Å². The summed E-state index contributed by atoms with van der Waals surface area (Å²) in [5.74, 6) is -0.557. The van der Waals surface area contributed by atoms with E-state index in [1.165, 1.54) is 61.3 Å². The highest BCUT2D eigenvalue weighted by Crippen LogP contribution is 2.38. The third-order valence-electron chi connectivity index (χ3n) is 5.98.